The van der Waals surface area contributed by atoms with E-state index in [0.717, 1.165) is 0 Å². The van der Waals surface area contributed by atoms with E-state index in [-0.39, 0.29) is 69.6 Å². The zero-order valence-corrected chi connectivity index (χ0v) is 41.6. The molecule has 0 bridgehead atoms. The lowest BCUT2D eigenvalue weighted by atomic mass is 9.76. The van der Waals surface area contributed by atoms with Crippen molar-refractivity contribution in [3.05, 3.63) is 83.6 Å². The van der Waals surface area contributed by atoms with Gasteiger partial charge in [-0.2, -0.15) is 38.2 Å². The molecular formula is C44H58N3O18S4+. The Morgan fingerprint density at radius 1 is 0.725 bits per heavy atom. The fourth-order valence-corrected chi connectivity index (χ4v) is 10.9. The van der Waals surface area contributed by atoms with Crippen LogP contribution in [0.2, 0.25) is 0 Å². The van der Waals surface area contributed by atoms with Crippen molar-refractivity contribution in [3.8, 4) is 0 Å². The van der Waals surface area contributed by atoms with Crippen LogP contribution in [0.4, 0.5) is 11.4 Å². The molecule has 2 aromatic rings. The number of unbranched alkanes of at least 4 members (excludes halogenated alkanes) is 2. The van der Waals surface area contributed by atoms with Gasteiger partial charge < -0.3 is 19.2 Å². The monoisotopic (exact) mass is 1040 g/mol. The van der Waals surface area contributed by atoms with E-state index in [0.29, 0.717) is 71.4 Å². The zero-order chi connectivity index (χ0) is 51.0. The number of fused-ring (bicyclic) bond motifs is 2. The van der Waals surface area contributed by atoms with Crippen molar-refractivity contribution in [2.75, 3.05) is 56.4 Å². The maximum Gasteiger partial charge on any atom is 0.333 e. The van der Waals surface area contributed by atoms with Gasteiger partial charge in [-0.25, -0.2) is 4.79 Å². The number of carbonyl (C=O) groups excluding carboxylic acids is 3. The van der Waals surface area contributed by atoms with Crippen LogP contribution in [0.15, 0.2) is 82.3 Å². The molecule has 2 atom stereocenters. The molecule has 2 unspecified atom stereocenters. The van der Waals surface area contributed by atoms with Gasteiger partial charge in [0.15, 0.2) is 5.71 Å². The van der Waals surface area contributed by atoms with Crippen LogP contribution in [0.5, 0.6) is 0 Å². The summed E-state index contributed by atoms with van der Waals surface area (Å²) in [6.45, 7) is 4.90. The number of hydrogen-bond acceptors (Lipinski definition) is 15. The summed E-state index contributed by atoms with van der Waals surface area (Å²) in [7, 11) is -16.6. The first-order valence-electron chi connectivity index (χ1n) is 22.0. The van der Waals surface area contributed by atoms with E-state index in [4.69, 9.17) is 14.3 Å². The number of hydroxylamine groups is 2. The van der Waals surface area contributed by atoms with Gasteiger partial charge in [0, 0.05) is 73.8 Å². The van der Waals surface area contributed by atoms with E-state index in [1.165, 1.54) is 43.5 Å². The Labute approximate surface area is 402 Å². The molecule has 5 rings (SSSR count). The number of methoxy groups -OCH3 is 1. The van der Waals surface area contributed by atoms with Crippen LogP contribution in [0.1, 0.15) is 89.2 Å². The molecule has 3 heterocycles. The highest BCUT2D eigenvalue weighted by atomic mass is 32.2. The first-order valence-corrected chi connectivity index (χ1v) is 28.0. The van der Waals surface area contributed by atoms with Crippen molar-refractivity contribution in [2.24, 2.45) is 0 Å². The summed E-state index contributed by atoms with van der Waals surface area (Å²) in [6, 6.07) is 8.16. The Morgan fingerprint density at radius 2 is 1.32 bits per heavy atom. The van der Waals surface area contributed by atoms with Gasteiger partial charge in [0.05, 0.1) is 46.5 Å². The van der Waals surface area contributed by atoms with Crippen LogP contribution in [0.3, 0.4) is 0 Å². The Morgan fingerprint density at radius 3 is 1.91 bits per heavy atom. The third-order valence-corrected chi connectivity index (χ3v) is 15.6. The van der Waals surface area contributed by atoms with Crippen LogP contribution < -0.4 is 4.90 Å². The first kappa shape index (κ1) is 55.2. The molecule has 3 aliphatic rings. The number of allylic oxidation sites excluding steroid dienone is 6. The molecule has 1 fully saturated rings. The molecule has 0 spiro atoms. The molecule has 0 saturated carbocycles. The van der Waals surface area contributed by atoms with Crippen molar-refractivity contribution in [1.29, 1.82) is 0 Å². The number of amides is 2. The molecule has 25 heteroatoms. The van der Waals surface area contributed by atoms with Gasteiger partial charge in [0.2, 0.25) is 5.69 Å². The summed E-state index contributed by atoms with van der Waals surface area (Å²) in [6.07, 6.45) is 9.68. The Bertz CT molecular complexity index is 2860. The highest BCUT2D eigenvalue weighted by molar-refractivity contribution is 7.86. The van der Waals surface area contributed by atoms with Gasteiger partial charge in [-0.3, -0.25) is 27.8 Å². The minimum atomic E-state index is -4.69. The van der Waals surface area contributed by atoms with Crippen LogP contribution in [0, 0.1) is 0 Å². The molecule has 21 nitrogen and oxygen atoms in total. The highest BCUT2D eigenvalue weighted by Crippen LogP contribution is 2.51. The second-order valence-electron chi connectivity index (χ2n) is 17.2. The predicted molar refractivity (Wildman–Crippen MR) is 250 cm³/mol. The molecule has 0 radical (unpaired) electrons. The molecule has 4 N–H and O–H groups in total. The minimum absolute atomic E-state index is 0.0289. The second-order valence-corrected chi connectivity index (χ2v) is 23.2. The Kier molecular flexibility index (Phi) is 18.1. The summed E-state index contributed by atoms with van der Waals surface area (Å²) in [5.74, 6) is -3.14. The van der Waals surface area contributed by atoms with Crippen molar-refractivity contribution in [1.82, 2.24) is 5.06 Å². The maximum atomic E-state index is 12.5. The normalized spacial score (nSPS) is 20.6. The molecular weight excluding hydrogens is 987 g/mol. The van der Waals surface area contributed by atoms with E-state index in [2.05, 4.69) is 0 Å². The van der Waals surface area contributed by atoms with E-state index < -0.39 is 85.5 Å². The number of rotatable bonds is 26. The smallest absolute Gasteiger partial charge is 0.333 e. The van der Waals surface area contributed by atoms with E-state index >= 15 is 0 Å². The molecule has 69 heavy (non-hydrogen) atoms. The molecule has 2 amide bonds. The predicted octanol–water partition coefficient (Wildman–Crippen LogP) is 4.48. The lowest BCUT2D eigenvalue weighted by Gasteiger charge is -2.30. The lowest BCUT2D eigenvalue weighted by Crippen LogP contribution is -2.32. The van der Waals surface area contributed by atoms with Crippen molar-refractivity contribution in [3.63, 3.8) is 0 Å². The first-order chi connectivity index (χ1) is 32.2. The third-order valence-electron chi connectivity index (χ3n) is 12.3. The van der Waals surface area contributed by atoms with Crippen LogP contribution in [-0.4, -0.2) is 137 Å². The van der Waals surface area contributed by atoms with E-state index in [9.17, 15) is 66.3 Å². The quantitative estimate of drug-likeness (QED) is 0.0332. The summed E-state index contributed by atoms with van der Waals surface area (Å²) < 4.78 is 149. The number of benzene rings is 2. The largest absolute Gasteiger partial charge is 0.382 e. The average Bonchev–Trinajstić information content (AvgIpc) is 3.77. The number of imide groups is 1. The Balaban J connectivity index is 1.53. The molecule has 380 valence electrons. The van der Waals surface area contributed by atoms with Gasteiger partial charge in [0.1, 0.15) is 6.54 Å². The highest BCUT2D eigenvalue weighted by Gasteiger charge is 2.48. The summed E-state index contributed by atoms with van der Waals surface area (Å²) in [4.78, 5) is 42.3. The molecule has 0 aliphatic carbocycles. The fourth-order valence-electron chi connectivity index (χ4n) is 8.89. The third kappa shape index (κ3) is 14.2. The summed E-state index contributed by atoms with van der Waals surface area (Å²) in [5, 5.41) is 0.476. The fraction of sp³-hybridized carbons (Fsp3) is 0.500. The van der Waals surface area contributed by atoms with Gasteiger partial charge in [-0.15, -0.1) is 5.06 Å². The SMILES string of the molecule is COCCOCCN1C(=CC=CC=CC2=[N+](CCCCCC(=O)ON3C(=O)CCC3=O)c3ccc(S(=O)(=O)O)cc3C2(C)CCCS(=O)(=O)O)C(C)(CCCS(=O)(=O)O)c2cc(S(=O)(=O)O)ccc21. The average molecular weight is 1050 g/mol. The maximum absolute atomic E-state index is 12.5. The van der Waals surface area contributed by atoms with Gasteiger partial charge >= 0.3 is 5.97 Å². The molecule has 2 aromatic carbocycles. The second kappa shape index (κ2) is 22.6. The van der Waals surface area contributed by atoms with E-state index in [1.807, 2.05) is 9.48 Å². The van der Waals surface area contributed by atoms with Crippen molar-refractivity contribution >= 4 is 75.3 Å². The number of ether oxygens (including phenoxy) is 2. The van der Waals surface area contributed by atoms with Gasteiger partial charge in [-0.1, -0.05) is 18.2 Å². The van der Waals surface area contributed by atoms with Crippen molar-refractivity contribution < 1.29 is 85.2 Å². The van der Waals surface area contributed by atoms with Crippen LogP contribution in [0.25, 0.3) is 0 Å². The number of hydrogen-bond donors (Lipinski definition) is 4. The summed E-state index contributed by atoms with van der Waals surface area (Å²) >= 11 is 0. The number of carbonyl (C=O) groups is 3. The van der Waals surface area contributed by atoms with Crippen molar-refractivity contribution in [2.45, 2.75) is 98.7 Å². The van der Waals surface area contributed by atoms with Crippen LogP contribution in [-0.2, 0) is 80.0 Å². The topological polar surface area (TPSA) is 306 Å². The lowest BCUT2D eigenvalue weighted by molar-refractivity contribution is -0.438. The van der Waals surface area contributed by atoms with Crippen LogP contribution >= 0.6 is 0 Å². The zero-order valence-electron chi connectivity index (χ0n) is 38.4. The van der Waals surface area contributed by atoms with E-state index in [1.54, 1.807) is 44.2 Å². The number of nitrogens with zero attached hydrogens (tertiary/aromatic N) is 3. The molecule has 1 saturated heterocycles. The number of anilines is 1. The standard InChI is InChI=1S/C44H57N3O18S4/c1-43(21-10-28-66(51,52)53)34-30-32(68(57,58)59)15-17-36(34)45(23-9-5-8-14-42(50)65-47-40(48)19-20-41(47)49)38(43)12-6-4-7-13-39-44(2,22-11-29-67(54,55)56)35-31-33(69(60,61)62)16-18-37(35)46(39)24-25-64-27-26-63-3/h4,6-7,12-13,15-18,30-31H,5,8-11,14,19-29H2,1-3H3,(H3-,51,52,53,54,55,56,57,58,59,60,61,62)/p+1. The molecule has 0 aromatic heterocycles. The summed E-state index contributed by atoms with van der Waals surface area (Å²) in [5.41, 5.74) is 1.02. The van der Waals surface area contributed by atoms with Gasteiger partial charge in [-0.05, 0) is 94.3 Å². The Hall–Kier alpha value is -4.70. The minimum Gasteiger partial charge on any atom is -0.382 e. The van der Waals surface area contributed by atoms with Gasteiger partial charge in [0.25, 0.3) is 52.3 Å². The molecule has 3 aliphatic heterocycles.